The third kappa shape index (κ3) is 5.78. The molecule has 0 bridgehead atoms. The highest BCUT2D eigenvalue weighted by atomic mass is 16.5. The molecule has 1 N–H and O–H groups in total. The highest BCUT2D eigenvalue weighted by molar-refractivity contribution is 5.98. The Hall–Kier alpha value is -2.56. The first kappa shape index (κ1) is 18.8. The Kier molecular flexibility index (Phi) is 6.81. The number of carbonyl (C=O) groups excluding carboxylic acids is 2. The number of ketones is 1. The van der Waals surface area contributed by atoms with Crippen LogP contribution in [0.15, 0.2) is 34.7 Å². The minimum absolute atomic E-state index is 0.0486. The molecule has 0 aliphatic rings. The second-order valence-electron chi connectivity index (χ2n) is 6.01. The lowest BCUT2D eigenvalue weighted by Gasteiger charge is -2.06. The molecule has 1 amide bonds. The van der Waals surface area contributed by atoms with Gasteiger partial charge in [0.1, 0.15) is 17.3 Å². The number of benzene rings is 1. The van der Waals surface area contributed by atoms with Crippen molar-refractivity contribution in [3.05, 3.63) is 53.0 Å². The Bertz CT molecular complexity index is 716. The van der Waals surface area contributed by atoms with Crippen molar-refractivity contribution in [1.29, 1.82) is 0 Å². The highest BCUT2D eigenvalue weighted by Gasteiger charge is 2.11. The summed E-state index contributed by atoms with van der Waals surface area (Å²) < 4.78 is 10.9. The summed E-state index contributed by atoms with van der Waals surface area (Å²) in [6, 6.07) is 8.95. The maximum Gasteiger partial charge on any atom is 0.220 e. The van der Waals surface area contributed by atoms with Crippen LogP contribution in [0.4, 0.5) is 0 Å². The molecule has 0 aliphatic heterocycles. The van der Waals surface area contributed by atoms with E-state index in [1.807, 2.05) is 26.8 Å². The molecule has 5 nitrogen and oxygen atoms in total. The largest absolute Gasteiger partial charge is 0.494 e. The van der Waals surface area contributed by atoms with E-state index >= 15 is 0 Å². The van der Waals surface area contributed by atoms with Gasteiger partial charge in [0.05, 0.1) is 6.61 Å². The van der Waals surface area contributed by atoms with Crippen LogP contribution < -0.4 is 10.1 Å². The van der Waals surface area contributed by atoms with Crippen LogP contribution in [0.1, 0.15) is 53.6 Å². The van der Waals surface area contributed by atoms with Crippen molar-refractivity contribution in [3.8, 4) is 5.75 Å². The summed E-state index contributed by atoms with van der Waals surface area (Å²) in [6.45, 7) is 6.85. The maximum absolute atomic E-state index is 12.2. The van der Waals surface area contributed by atoms with E-state index in [0.29, 0.717) is 18.7 Å². The second kappa shape index (κ2) is 9.06. The van der Waals surface area contributed by atoms with Crippen LogP contribution in [0.3, 0.4) is 0 Å². The number of hydrogen-bond acceptors (Lipinski definition) is 4. The first-order valence-corrected chi connectivity index (χ1v) is 8.58. The number of nitrogens with one attached hydrogen (secondary N) is 1. The fourth-order valence-corrected chi connectivity index (χ4v) is 2.47. The quantitative estimate of drug-likeness (QED) is 0.700. The monoisotopic (exact) mass is 343 g/mol. The Morgan fingerprint density at radius 3 is 2.44 bits per heavy atom. The molecule has 1 aromatic heterocycles. The van der Waals surface area contributed by atoms with Crippen molar-refractivity contribution >= 4 is 11.7 Å². The molecule has 0 saturated heterocycles. The molecule has 1 heterocycles. The molecule has 0 saturated carbocycles. The molecule has 5 heteroatoms. The van der Waals surface area contributed by atoms with E-state index in [9.17, 15) is 9.59 Å². The molecule has 2 aromatic rings. The molecule has 0 radical (unpaired) electrons. The number of furan rings is 1. The van der Waals surface area contributed by atoms with E-state index < -0.39 is 0 Å². The number of carbonyl (C=O) groups is 2. The van der Waals surface area contributed by atoms with Gasteiger partial charge < -0.3 is 14.5 Å². The fraction of sp³-hybridized carbons (Fsp3) is 0.400. The zero-order chi connectivity index (χ0) is 18.2. The molecule has 0 fully saturated rings. The van der Waals surface area contributed by atoms with Gasteiger partial charge in [-0.05, 0) is 50.6 Å². The van der Waals surface area contributed by atoms with E-state index in [1.54, 1.807) is 24.3 Å². The van der Waals surface area contributed by atoms with E-state index in [1.165, 1.54) is 0 Å². The van der Waals surface area contributed by atoms with E-state index in [0.717, 1.165) is 29.3 Å². The third-order valence-electron chi connectivity index (χ3n) is 3.85. The summed E-state index contributed by atoms with van der Waals surface area (Å²) in [5, 5.41) is 2.82. The van der Waals surface area contributed by atoms with Gasteiger partial charge in [-0.2, -0.15) is 0 Å². The summed E-state index contributed by atoms with van der Waals surface area (Å²) in [5.74, 6) is 2.19. The van der Waals surface area contributed by atoms with E-state index in [-0.39, 0.29) is 24.5 Å². The van der Waals surface area contributed by atoms with Gasteiger partial charge in [-0.3, -0.25) is 9.59 Å². The minimum atomic E-state index is -0.144. The van der Waals surface area contributed by atoms with Crippen molar-refractivity contribution in [2.24, 2.45) is 0 Å². The lowest BCUT2D eigenvalue weighted by Crippen LogP contribution is -2.23. The fourth-order valence-electron chi connectivity index (χ4n) is 2.47. The topological polar surface area (TPSA) is 68.5 Å². The lowest BCUT2D eigenvalue weighted by molar-refractivity contribution is -0.121. The average molecular weight is 343 g/mol. The molecular weight excluding hydrogens is 318 g/mol. The van der Waals surface area contributed by atoms with Gasteiger partial charge in [-0.15, -0.1) is 0 Å². The predicted octanol–water partition coefficient (Wildman–Crippen LogP) is 3.96. The summed E-state index contributed by atoms with van der Waals surface area (Å²) >= 11 is 0. The average Bonchev–Trinajstić information content (AvgIpc) is 2.93. The number of amides is 1. The van der Waals surface area contributed by atoms with Crippen LogP contribution in [0, 0.1) is 13.8 Å². The van der Waals surface area contributed by atoms with Crippen molar-refractivity contribution in [1.82, 2.24) is 5.32 Å². The van der Waals surface area contributed by atoms with Crippen molar-refractivity contribution < 1.29 is 18.7 Å². The Balaban J connectivity index is 1.77. The Morgan fingerprint density at radius 1 is 1.12 bits per heavy atom. The molecule has 0 spiro atoms. The van der Waals surface area contributed by atoms with Crippen molar-refractivity contribution in [3.63, 3.8) is 0 Å². The van der Waals surface area contributed by atoms with Crippen molar-refractivity contribution in [2.45, 2.75) is 46.6 Å². The van der Waals surface area contributed by atoms with Gasteiger partial charge in [0, 0.05) is 30.5 Å². The van der Waals surface area contributed by atoms with E-state index in [4.69, 9.17) is 9.15 Å². The van der Waals surface area contributed by atoms with Gasteiger partial charge >= 0.3 is 0 Å². The normalized spacial score (nSPS) is 10.5. The van der Waals surface area contributed by atoms with Crippen molar-refractivity contribution in [2.75, 3.05) is 6.61 Å². The molecule has 0 atom stereocenters. The van der Waals surface area contributed by atoms with Crippen LogP contribution in [-0.2, 0) is 11.3 Å². The molecular formula is C20H25NO4. The second-order valence-corrected chi connectivity index (χ2v) is 6.01. The van der Waals surface area contributed by atoms with Gasteiger partial charge in [0.25, 0.3) is 0 Å². The highest BCUT2D eigenvalue weighted by Crippen LogP contribution is 2.15. The molecule has 0 aliphatic carbocycles. The SMILES string of the molecule is CCCOc1ccc(C(=O)CCC(=O)NCc2cc(C)oc2C)cc1. The Labute approximate surface area is 148 Å². The van der Waals surface area contributed by atoms with Crippen LogP contribution in [0.5, 0.6) is 5.75 Å². The summed E-state index contributed by atoms with van der Waals surface area (Å²) in [5.41, 5.74) is 1.55. The summed E-state index contributed by atoms with van der Waals surface area (Å²) in [7, 11) is 0. The van der Waals surface area contributed by atoms with Gasteiger partial charge in [-0.25, -0.2) is 0 Å². The van der Waals surface area contributed by atoms with Crippen LogP contribution in [-0.4, -0.2) is 18.3 Å². The zero-order valence-corrected chi connectivity index (χ0v) is 15.1. The van der Waals surface area contributed by atoms with Gasteiger partial charge in [0.2, 0.25) is 5.91 Å². The first-order chi connectivity index (χ1) is 12.0. The standard InChI is InChI=1S/C20H25NO4/c1-4-11-24-18-7-5-16(6-8-18)19(22)9-10-20(23)21-13-17-12-14(2)25-15(17)3/h5-8,12H,4,9-11,13H2,1-3H3,(H,21,23). The molecule has 0 unspecified atom stereocenters. The Morgan fingerprint density at radius 2 is 1.84 bits per heavy atom. The predicted molar refractivity (Wildman–Crippen MR) is 95.8 cm³/mol. The molecule has 1 aromatic carbocycles. The smallest absolute Gasteiger partial charge is 0.220 e. The van der Waals surface area contributed by atoms with Crippen LogP contribution >= 0.6 is 0 Å². The van der Waals surface area contributed by atoms with Gasteiger partial charge in [-0.1, -0.05) is 6.92 Å². The number of ether oxygens (including phenoxy) is 1. The number of Topliss-reactive ketones (excluding diaryl/α,β-unsaturated/α-hetero) is 1. The zero-order valence-electron chi connectivity index (χ0n) is 15.1. The maximum atomic E-state index is 12.2. The van der Waals surface area contributed by atoms with E-state index in [2.05, 4.69) is 5.32 Å². The number of hydrogen-bond donors (Lipinski definition) is 1. The molecule has 25 heavy (non-hydrogen) atoms. The van der Waals surface area contributed by atoms with Gasteiger partial charge in [0.15, 0.2) is 5.78 Å². The first-order valence-electron chi connectivity index (χ1n) is 8.58. The molecule has 2 rings (SSSR count). The third-order valence-corrected chi connectivity index (χ3v) is 3.85. The molecule has 134 valence electrons. The minimum Gasteiger partial charge on any atom is -0.494 e. The lowest BCUT2D eigenvalue weighted by atomic mass is 10.1. The number of rotatable bonds is 9. The number of aryl methyl sites for hydroxylation is 2. The van der Waals surface area contributed by atoms with Crippen LogP contribution in [0.25, 0.3) is 0 Å². The van der Waals surface area contributed by atoms with Crippen LogP contribution in [0.2, 0.25) is 0 Å². The summed E-state index contributed by atoms with van der Waals surface area (Å²) in [4.78, 5) is 24.1. The summed E-state index contributed by atoms with van der Waals surface area (Å²) in [6.07, 6.45) is 1.29.